The molecule has 0 aliphatic rings. The Morgan fingerprint density at radius 2 is 0.830 bits per heavy atom. The first-order valence-corrected chi connectivity index (χ1v) is 17.2. The van der Waals surface area contributed by atoms with E-state index in [1.807, 2.05) is 0 Å². The van der Waals surface area contributed by atoms with Gasteiger partial charge in [-0.25, -0.2) is 9.59 Å². The molecule has 2 aromatic carbocycles. The molecule has 300 valence electrons. The van der Waals surface area contributed by atoms with Gasteiger partial charge in [0.05, 0.1) is 67.0 Å². The predicted octanol–water partition coefficient (Wildman–Crippen LogP) is 1.97. The number of aliphatic imine (C=N–C) groups is 2. The van der Waals surface area contributed by atoms with Crippen LogP contribution in [0, 0.1) is 0 Å². The molecule has 0 aromatic heterocycles. The lowest BCUT2D eigenvalue weighted by Crippen LogP contribution is -2.22. The number of guanidine groups is 2. The molecule has 20 nitrogen and oxygen atoms in total. The van der Waals surface area contributed by atoms with Crippen LogP contribution in [-0.2, 0) is 19.9 Å². The van der Waals surface area contributed by atoms with Gasteiger partial charge in [-0.3, -0.25) is 19.1 Å². The molecule has 0 saturated carbocycles. The van der Waals surface area contributed by atoms with Gasteiger partial charge in [-0.15, -0.1) is 0 Å². The van der Waals surface area contributed by atoms with Crippen LogP contribution < -0.4 is 51.4 Å². The van der Waals surface area contributed by atoms with Crippen molar-refractivity contribution in [2.24, 2.45) is 32.9 Å². The molecular formula is C32H52N6O14S. The Morgan fingerprint density at radius 1 is 0.547 bits per heavy atom. The van der Waals surface area contributed by atoms with E-state index in [4.69, 9.17) is 78.4 Å². The number of hydrogen-bond donors (Lipinski definition) is 6. The number of ether oxygens (including phenoxy) is 8. The van der Waals surface area contributed by atoms with Crippen molar-refractivity contribution in [1.29, 1.82) is 0 Å². The van der Waals surface area contributed by atoms with Crippen molar-refractivity contribution in [3.63, 3.8) is 0 Å². The first-order valence-electron chi connectivity index (χ1n) is 15.8. The van der Waals surface area contributed by atoms with Gasteiger partial charge >= 0.3 is 22.3 Å². The highest BCUT2D eigenvalue weighted by molar-refractivity contribution is 7.79. The van der Waals surface area contributed by atoms with Crippen LogP contribution >= 0.6 is 0 Å². The minimum absolute atomic E-state index is 0.0869. The van der Waals surface area contributed by atoms with Gasteiger partial charge in [0.2, 0.25) is 11.5 Å². The summed E-state index contributed by atoms with van der Waals surface area (Å²) in [7, 11) is 4.29. The quantitative estimate of drug-likeness (QED) is 0.0368. The molecule has 0 aliphatic heterocycles. The standard InChI is InChI=1S/2C16H25N3O5.H2O4S/c2*1-21-12-9-11(10-13(22-2)14(12)23-3)15(20)24-8-6-4-5-7-19-16(17)18;1-5(2,3)4/h2*9-10H,4-8H2,1-3H3,(H4,17,18,19);(H2,1,2,3,4). The van der Waals surface area contributed by atoms with Crippen molar-refractivity contribution >= 4 is 34.3 Å². The number of rotatable bonds is 20. The van der Waals surface area contributed by atoms with Crippen molar-refractivity contribution in [1.82, 2.24) is 0 Å². The van der Waals surface area contributed by atoms with Crippen LogP contribution in [0.15, 0.2) is 34.3 Å². The van der Waals surface area contributed by atoms with Gasteiger partial charge in [0.1, 0.15) is 0 Å². The first-order chi connectivity index (χ1) is 25.1. The van der Waals surface area contributed by atoms with Crippen molar-refractivity contribution in [3.05, 3.63) is 35.4 Å². The summed E-state index contributed by atoms with van der Waals surface area (Å²) in [6.45, 7) is 1.78. The van der Waals surface area contributed by atoms with E-state index in [0.29, 0.717) is 71.9 Å². The van der Waals surface area contributed by atoms with Crippen molar-refractivity contribution in [2.75, 3.05) is 69.0 Å². The molecule has 0 fully saturated rings. The average Bonchev–Trinajstić information content (AvgIpc) is 3.11. The third-order valence-corrected chi connectivity index (χ3v) is 6.46. The number of nitrogens with zero attached hydrogens (tertiary/aromatic N) is 2. The van der Waals surface area contributed by atoms with Gasteiger partial charge in [-0.2, -0.15) is 8.42 Å². The van der Waals surface area contributed by atoms with Crippen LogP contribution in [0.25, 0.3) is 0 Å². The van der Waals surface area contributed by atoms with Gasteiger partial charge in [0, 0.05) is 13.1 Å². The molecule has 21 heteroatoms. The van der Waals surface area contributed by atoms with E-state index in [0.717, 1.165) is 38.5 Å². The highest BCUT2D eigenvalue weighted by Crippen LogP contribution is 2.39. The van der Waals surface area contributed by atoms with Crippen LogP contribution in [0.5, 0.6) is 34.5 Å². The molecule has 0 heterocycles. The number of carbonyl (C=O) groups excluding carboxylic acids is 2. The second-order valence-corrected chi connectivity index (χ2v) is 11.2. The zero-order chi connectivity index (χ0) is 40.4. The van der Waals surface area contributed by atoms with E-state index in [1.165, 1.54) is 42.7 Å². The third kappa shape index (κ3) is 20.9. The fourth-order valence-corrected chi connectivity index (χ4v) is 4.09. The number of unbranched alkanes of at least 4 members (excludes halogenated alkanes) is 4. The Bertz CT molecular complexity index is 1420. The normalized spacial score (nSPS) is 10.1. The number of carbonyl (C=O) groups is 2. The van der Waals surface area contributed by atoms with Gasteiger partial charge < -0.3 is 60.8 Å². The Hall–Kier alpha value is -5.41. The lowest BCUT2D eigenvalue weighted by Gasteiger charge is -2.13. The lowest BCUT2D eigenvalue weighted by molar-refractivity contribution is 0.0488. The zero-order valence-electron chi connectivity index (χ0n) is 30.8. The van der Waals surface area contributed by atoms with Gasteiger partial charge in [0.25, 0.3) is 0 Å². The van der Waals surface area contributed by atoms with E-state index in [9.17, 15) is 9.59 Å². The number of nitrogens with two attached hydrogens (primary N) is 4. The maximum Gasteiger partial charge on any atom is 0.394 e. The van der Waals surface area contributed by atoms with E-state index >= 15 is 0 Å². The summed E-state index contributed by atoms with van der Waals surface area (Å²) in [4.78, 5) is 32.0. The SMILES string of the molecule is COc1cc(C(=O)OCCCCCN=C(N)N)cc(OC)c1OC.COc1cc(C(=O)OCCCCCN=C(N)N)cc(OC)c1OC.O=S(=O)(O)O. The highest BCUT2D eigenvalue weighted by atomic mass is 32.3. The lowest BCUT2D eigenvalue weighted by atomic mass is 10.2. The Morgan fingerprint density at radius 3 is 1.06 bits per heavy atom. The largest absolute Gasteiger partial charge is 0.493 e. The molecule has 0 amide bonds. The molecule has 0 unspecified atom stereocenters. The molecule has 0 bridgehead atoms. The van der Waals surface area contributed by atoms with Gasteiger partial charge in [-0.1, -0.05) is 0 Å². The fraction of sp³-hybridized carbons (Fsp3) is 0.500. The van der Waals surface area contributed by atoms with Crippen LogP contribution in [0.1, 0.15) is 59.2 Å². The maximum absolute atomic E-state index is 12.1. The summed E-state index contributed by atoms with van der Waals surface area (Å²) in [6.07, 6.45) is 4.85. The topological polar surface area (TPSA) is 311 Å². The molecule has 10 N–H and O–H groups in total. The molecule has 0 spiro atoms. The number of methoxy groups -OCH3 is 6. The number of benzene rings is 2. The Kier molecular flexibility index (Phi) is 23.7. The predicted molar refractivity (Wildman–Crippen MR) is 196 cm³/mol. The monoisotopic (exact) mass is 776 g/mol. The molecule has 0 aliphatic carbocycles. The zero-order valence-corrected chi connectivity index (χ0v) is 31.6. The second-order valence-electron chi connectivity index (χ2n) is 10.3. The van der Waals surface area contributed by atoms with E-state index in [1.54, 1.807) is 24.3 Å². The minimum Gasteiger partial charge on any atom is -0.493 e. The van der Waals surface area contributed by atoms with Crippen LogP contribution in [0.3, 0.4) is 0 Å². The smallest absolute Gasteiger partial charge is 0.394 e. The molecule has 0 saturated heterocycles. The maximum atomic E-state index is 12.1. The highest BCUT2D eigenvalue weighted by Gasteiger charge is 2.19. The van der Waals surface area contributed by atoms with Crippen molar-refractivity contribution in [2.45, 2.75) is 38.5 Å². The van der Waals surface area contributed by atoms with Crippen LogP contribution in [0.2, 0.25) is 0 Å². The molecule has 2 rings (SSSR count). The van der Waals surface area contributed by atoms with Gasteiger partial charge in [0.15, 0.2) is 34.9 Å². The summed E-state index contributed by atoms with van der Waals surface area (Å²) < 4.78 is 73.4. The number of hydrogen-bond acceptors (Lipinski definition) is 14. The Balaban J connectivity index is 0.000000904. The second kappa shape index (κ2) is 26.4. The van der Waals surface area contributed by atoms with E-state index in [-0.39, 0.29) is 11.9 Å². The van der Waals surface area contributed by atoms with Crippen LogP contribution in [-0.4, -0.2) is 110 Å². The van der Waals surface area contributed by atoms with Crippen LogP contribution in [0.4, 0.5) is 0 Å². The van der Waals surface area contributed by atoms with E-state index in [2.05, 4.69) is 9.98 Å². The van der Waals surface area contributed by atoms with Gasteiger partial charge in [-0.05, 0) is 62.8 Å². The fourth-order valence-electron chi connectivity index (χ4n) is 4.09. The molecule has 2 aromatic rings. The summed E-state index contributed by atoms with van der Waals surface area (Å²) in [5.41, 5.74) is 21.6. The molecule has 53 heavy (non-hydrogen) atoms. The van der Waals surface area contributed by atoms with Crippen molar-refractivity contribution in [3.8, 4) is 34.5 Å². The van der Waals surface area contributed by atoms with Crippen molar-refractivity contribution < 1.29 is 65.0 Å². The average molecular weight is 777 g/mol. The molecule has 0 atom stereocenters. The Labute approximate surface area is 309 Å². The molecular weight excluding hydrogens is 724 g/mol. The first kappa shape index (κ1) is 47.6. The summed E-state index contributed by atoms with van der Waals surface area (Å²) in [5.74, 6) is 1.75. The van der Waals surface area contributed by atoms with E-state index < -0.39 is 22.3 Å². The summed E-state index contributed by atoms with van der Waals surface area (Å²) in [6, 6.07) is 6.23. The summed E-state index contributed by atoms with van der Waals surface area (Å²) >= 11 is 0. The third-order valence-electron chi connectivity index (χ3n) is 6.46. The summed E-state index contributed by atoms with van der Waals surface area (Å²) in [5, 5.41) is 0. The number of esters is 2. The molecule has 0 radical (unpaired) electrons. The minimum atomic E-state index is -4.67.